The molecule has 0 aliphatic heterocycles. The van der Waals surface area contributed by atoms with Crippen LogP contribution in [-0.4, -0.2) is 30.1 Å². The number of fused-ring (bicyclic) bond motifs is 1. The Morgan fingerprint density at radius 2 is 1.64 bits per heavy atom. The van der Waals surface area contributed by atoms with Gasteiger partial charge in [0.25, 0.3) is 11.8 Å². The molecule has 0 saturated heterocycles. The van der Waals surface area contributed by atoms with Crippen molar-refractivity contribution < 1.29 is 19.1 Å². The Hall–Kier alpha value is -3.65. The van der Waals surface area contributed by atoms with E-state index in [2.05, 4.69) is 30.0 Å². The highest BCUT2D eigenvalue weighted by Gasteiger charge is 2.14. The smallest absolute Gasteiger partial charge is 0.276 e. The topological polar surface area (TPSA) is 88.7 Å². The second kappa shape index (κ2) is 11.8. The minimum absolute atomic E-state index is 0.0453. The third-order valence-electron chi connectivity index (χ3n) is 4.72. The van der Waals surface area contributed by atoms with Crippen LogP contribution in [0.25, 0.3) is 10.8 Å². The van der Waals surface area contributed by atoms with Gasteiger partial charge in [-0.05, 0) is 59.6 Å². The summed E-state index contributed by atoms with van der Waals surface area (Å²) in [5.74, 6) is 0.670. The summed E-state index contributed by atoms with van der Waals surface area (Å²) in [6.07, 6.45) is 0.878. The SMILES string of the molecule is CC(C)CCOc1ccccc1C(=O)NC(=S)NNC(=O)COc1ccc2ccccc2c1. The number of hydrogen-bond donors (Lipinski definition) is 3. The maximum Gasteiger partial charge on any atom is 0.276 e. The first-order valence-electron chi connectivity index (χ1n) is 10.7. The highest BCUT2D eigenvalue weighted by Crippen LogP contribution is 2.20. The average Bonchev–Trinajstić information content (AvgIpc) is 2.81. The summed E-state index contributed by atoms with van der Waals surface area (Å²) >= 11 is 5.10. The van der Waals surface area contributed by atoms with Crippen LogP contribution < -0.4 is 25.6 Å². The van der Waals surface area contributed by atoms with Crippen molar-refractivity contribution in [2.75, 3.05) is 13.2 Å². The largest absolute Gasteiger partial charge is 0.493 e. The number of para-hydroxylation sites is 1. The molecule has 0 saturated carbocycles. The van der Waals surface area contributed by atoms with Crippen molar-refractivity contribution in [2.45, 2.75) is 20.3 Å². The summed E-state index contributed by atoms with van der Waals surface area (Å²) in [5.41, 5.74) is 5.27. The Morgan fingerprint density at radius 1 is 0.909 bits per heavy atom. The molecule has 3 aromatic rings. The van der Waals surface area contributed by atoms with Gasteiger partial charge >= 0.3 is 0 Å². The zero-order valence-electron chi connectivity index (χ0n) is 18.6. The van der Waals surface area contributed by atoms with Gasteiger partial charge < -0.3 is 9.47 Å². The summed E-state index contributed by atoms with van der Waals surface area (Å²) in [7, 11) is 0. The lowest BCUT2D eigenvalue weighted by molar-refractivity contribution is -0.123. The maximum absolute atomic E-state index is 12.6. The molecule has 0 aliphatic rings. The van der Waals surface area contributed by atoms with Gasteiger partial charge in [-0.3, -0.25) is 25.8 Å². The molecule has 3 rings (SSSR count). The van der Waals surface area contributed by atoms with Crippen molar-refractivity contribution in [3.05, 3.63) is 72.3 Å². The van der Waals surface area contributed by atoms with E-state index < -0.39 is 11.8 Å². The number of hydrogen-bond acceptors (Lipinski definition) is 5. The first-order chi connectivity index (χ1) is 15.9. The fourth-order valence-electron chi connectivity index (χ4n) is 2.96. The Morgan fingerprint density at radius 3 is 2.42 bits per heavy atom. The summed E-state index contributed by atoms with van der Waals surface area (Å²) < 4.78 is 11.3. The van der Waals surface area contributed by atoms with E-state index >= 15 is 0 Å². The van der Waals surface area contributed by atoms with Crippen LogP contribution in [0.2, 0.25) is 0 Å². The molecule has 0 aromatic heterocycles. The fourth-order valence-corrected chi connectivity index (χ4v) is 3.10. The van der Waals surface area contributed by atoms with Crippen LogP contribution in [0, 0.1) is 5.92 Å². The molecule has 2 amide bonds. The number of benzene rings is 3. The van der Waals surface area contributed by atoms with Crippen LogP contribution >= 0.6 is 12.2 Å². The molecule has 33 heavy (non-hydrogen) atoms. The molecule has 3 N–H and O–H groups in total. The lowest BCUT2D eigenvalue weighted by atomic mass is 10.1. The molecule has 172 valence electrons. The first-order valence-corrected chi connectivity index (χ1v) is 11.1. The minimum atomic E-state index is -0.447. The number of amides is 2. The van der Waals surface area contributed by atoms with E-state index in [0.29, 0.717) is 29.6 Å². The zero-order chi connectivity index (χ0) is 23.6. The van der Waals surface area contributed by atoms with Gasteiger partial charge in [-0.15, -0.1) is 0 Å². The molecular formula is C25H27N3O4S. The molecule has 7 nitrogen and oxygen atoms in total. The third-order valence-corrected chi connectivity index (χ3v) is 4.92. The lowest BCUT2D eigenvalue weighted by Gasteiger charge is -2.14. The van der Waals surface area contributed by atoms with Crippen LogP contribution in [-0.2, 0) is 4.79 Å². The van der Waals surface area contributed by atoms with Gasteiger partial charge in [0.15, 0.2) is 11.7 Å². The molecule has 3 aromatic carbocycles. The normalized spacial score (nSPS) is 10.5. The van der Waals surface area contributed by atoms with E-state index in [-0.39, 0.29) is 11.7 Å². The molecule has 0 spiro atoms. The molecule has 0 atom stereocenters. The summed E-state index contributed by atoms with van der Waals surface area (Å²) in [4.78, 5) is 24.7. The van der Waals surface area contributed by atoms with E-state index in [1.807, 2.05) is 36.4 Å². The minimum Gasteiger partial charge on any atom is -0.493 e. The predicted molar refractivity (Wildman–Crippen MR) is 132 cm³/mol. The predicted octanol–water partition coefficient (Wildman–Crippen LogP) is 3.98. The number of ether oxygens (including phenoxy) is 2. The van der Waals surface area contributed by atoms with Crippen molar-refractivity contribution in [3.63, 3.8) is 0 Å². The monoisotopic (exact) mass is 465 g/mol. The van der Waals surface area contributed by atoms with E-state index in [0.717, 1.165) is 17.2 Å². The number of rotatable bonds is 8. The van der Waals surface area contributed by atoms with Gasteiger partial charge in [0.2, 0.25) is 0 Å². The second-order valence-electron chi connectivity index (χ2n) is 7.78. The quantitative estimate of drug-likeness (QED) is 0.345. The van der Waals surface area contributed by atoms with Crippen LogP contribution in [0.3, 0.4) is 0 Å². The Balaban J connectivity index is 1.44. The molecule has 0 fully saturated rings. The first kappa shape index (κ1) is 24.0. The van der Waals surface area contributed by atoms with E-state index in [1.165, 1.54) is 0 Å². The number of nitrogens with one attached hydrogen (secondary N) is 3. The standard InChI is InChI=1S/C25H27N3O4S/c1-17(2)13-14-31-22-10-6-5-9-21(22)24(30)26-25(33)28-27-23(29)16-32-20-12-11-18-7-3-4-8-19(18)15-20/h3-12,15,17H,13-14,16H2,1-2H3,(H,27,29)(H2,26,28,30,33). The van der Waals surface area contributed by atoms with Gasteiger partial charge in [-0.1, -0.05) is 56.3 Å². The highest BCUT2D eigenvalue weighted by molar-refractivity contribution is 7.80. The molecule has 8 heteroatoms. The van der Waals surface area contributed by atoms with E-state index in [4.69, 9.17) is 21.7 Å². The van der Waals surface area contributed by atoms with Gasteiger partial charge in [-0.25, -0.2) is 0 Å². The average molecular weight is 466 g/mol. The van der Waals surface area contributed by atoms with E-state index in [1.54, 1.807) is 30.3 Å². The van der Waals surface area contributed by atoms with Crippen molar-refractivity contribution >= 4 is 39.9 Å². The van der Waals surface area contributed by atoms with Gasteiger partial charge in [-0.2, -0.15) is 0 Å². The Bertz CT molecular complexity index is 1130. The van der Waals surface area contributed by atoms with Crippen molar-refractivity contribution in [3.8, 4) is 11.5 Å². The van der Waals surface area contributed by atoms with Crippen molar-refractivity contribution in [1.82, 2.24) is 16.2 Å². The van der Waals surface area contributed by atoms with Crippen molar-refractivity contribution in [1.29, 1.82) is 0 Å². The maximum atomic E-state index is 12.6. The Kier molecular flexibility index (Phi) is 8.60. The van der Waals surface area contributed by atoms with Gasteiger partial charge in [0, 0.05) is 0 Å². The fraction of sp³-hybridized carbons (Fsp3) is 0.240. The zero-order valence-corrected chi connectivity index (χ0v) is 19.4. The molecule has 0 aliphatic carbocycles. The summed E-state index contributed by atoms with van der Waals surface area (Å²) in [5, 5.41) is 4.59. The molecule has 0 unspecified atom stereocenters. The molecular weight excluding hydrogens is 438 g/mol. The number of hydrazine groups is 1. The van der Waals surface area contributed by atoms with E-state index in [9.17, 15) is 9.59 Å². The van der Waals surface area contributed by atoms with Crippen LogP contribution in [0.15, 0.2) is 66.7 Å². The molecule has 0 radical (unpaired) electrons. The number of carbonyl (C=O) groups excluding carboxylic acids is 2. The van der Waals surface area contributed by atoms with Gasteiger partial charge in [0.1, 0.15) is 11.5 Å². The van der Waals surface area contributed by atoms with Gasteiger partial charge in [0.05, 0.1) is 12.2 Å². The second-order valence-corrected chi connectivity index (χ2v) is 8.19. The molecule has 0 heterocycles. The lowest BCUT2D eigenvalue weighted by Crippen LogP contribution is -2.49. The third kappa shape index (κ3) is 7.47. The highest BCUT2D eigenvalue weighted by atomic mass is 32.1. The van der Waals surface area contributed by atoms with Crippen molar-refractivity contribution in [2.24, 2.45) is 5.92 Å². The Labute approximate surface area is 198 Å². The summed E-state index contributed by atoms with van der Waals surface area (Å²) in [6.45, 7) is 4.51. The summed E-state index contributed by atoms with van der Waals surface area (Å²) in [6, 6.07) is 20.4. The number of thiocarbonyl (C=S) groups is 1. The van der Waals surface area contributed by atoms with Crippen LogP contribution in [0.4, 0.5) is 0 Å². The van der Waals surface area contributed by atoms with Crippen LogP contribution in [0.1, 0.15) is 30.6 Å². The number of carbonyl (C=O) groups is 2. The van der Waals surface area contributed by atoms with Crippen LogP contribution in [0.5, 0.6) is 11.5 Å². The molecule has 0 bridgehead atoms.